The number of ether oxygens (including phenoxy) is 1. The van der Waals surface area contributed by atoms with Crippen LogP contribution in [0.5, 0.6) is 5.75 Å². The van der Waals surface area contributed by atoms with Crippen LogP contribution in [0, 0.1) is 6.92 Å². The third-order valence-electron chi connectivity index (χ3n) is 3.12. The number of benzene rings is 2. The molecule has 0 aliphatic rings. The molecule has 0 aromatic heterocycles. The highest BCUT2D eigenvalue weighted by Gasteiger charge is 2.10. The molecule has 4 nitrogen and oxygen atoms in total. The maximum absolute atomic E-state index is 11.3. The molecule has 1 unspecified atom stereocenters. The zero-order chi connectivity index (χ0) is 15.5. The van der Waals surface area contributed by atoms with Crippen LogP contribution in [0.15, 0.2) is 53.4 Å². The molecule has 2 aromatic carbocycles. The van der Waals surface area contributed by atoms with Gasteiger partial charge in [0.1, 0.15) is 18.5 Å². The summed E-state index contributed by atoms with van der Waals surface area (Å²) in [5, 5.41) is 10.0. The Hall–Kier alpha value is -1.85. The Morgan fingerprint density at radius 1 is 1.05 bits per heavy atom. The molecule has 2 rings (SSSR count). The SMILES string of the molecule is Cc1ccc(C(O)COc2ccc(S(C)(=O)=O)cc2)cc1. The summed E-state index contributed by atoms with van der Waals surface area (Å²) in [6.07, 6.45) is 0.435. The van der Waals surface area contributed by atoms with Crippen LogP contribution in [0.2, 0.25) is 0 Å². The van der Waals surface area contributed by atoms with Crippen molar-refractivity contribution < 1.29 is 18.3 Å². The molecule has 0 amide bonds. The lowest BCUT2D eigenvalue weighted by Crippen LogP contribution is -2.09. The van der Waals surface area contributed by atoms with Crippen molar-refractivity contribution in [3.8, 4) is 5.75 Å². The molecule has 0 saturated heterocycles. The Morgan fingerprint density at radius 2 is 1.62 bits per heavy atom. The van der Waals surface area contributed by atoms with Gasteiger partial charge in [-0.2, -0.15) is 0 Å². The maximum atomic E-state index is 11.3. The van der Waals surface area contributed by atoms with Crippen molar-refractivity contribution in [2.24, 2.45) is 0 Å². The van der Waals surface area contributed by atoms with Gasteiger partial charge in [-0.25, -0.2) is 8.42 Å². The average Bonchev–Trinajstić information content (AvgIpc) is 2.45. The van der Waals surface area contributed by atoms with Crippen LogP contribution in [0.4, 0.5) is 0 Å². The third-order valence-corrected chi connectivity index (χ3v) is 4.25. The van der Waals surface area contributed by atoms with E-state index in [0.29, 0.717) is 5.75 Å². The van der Waals surface area contributed by atoms with Crippen molar-refractivity contribution in [2.75, 3.05) is 12.9 Å². The van der Waals surface area contributed by atoms with E-state index in [-0.39, 0.29) is 11.5 Å². The fraction of sp³-hybridized carbons (Fsp3) is 0.250. The first-order valence-corrected chi connectivity index (χ1v) is 8.43. The Labute approximate surface area is 124 Å². The predicted octanol–water partition coefficient (Wildman–Crippen LogP) is 2.51. The minimum atomic E-state index is -3.20. The average molecular weight is 306 g/mol. The van der Waals surface area contributed by atoms with Gasteiger partial charge in [0.2, 0.25) is 0 Å². The number of hydrogen-bond acceptors (Lipinski definition) is 4. The molecule has 0 heterocycles. The number of rotatable bonds is 5. The van der Waals surface area contributed by atoms with Crippen LogP contribution in [-0.4, -0.2) is 26.4 Å². The topological polar surface area (TPSA) is 63.6 Å². The van der Waals surface area contributed by atoms with E-state index in [1.165, 1.54) is 12.1 Å². The highest BCUT2D eigenvalue weighted by molar-refractivity contribution is 7.90. The van der Waals surface area contributed by atoms with Crippen LogP contribution in [0.3, 0.4) is 0 Å². The van der Waals surface area contributed by atoms with Gasteiger partial charge in [0.15, 0.2) is 9.84 Å². The van der Waals surface area contributed by atoms with Gasteiger partial charge >= 0.3 is 0 Å². The molecule has 5 heteroatoms. The second-order valence-electron chi connectivity index (χ2n) is 4.98. The summed E-state index contributed by atoms with van der Waals surface area (Å²) in [6.45, 7) is 2.09. The van der Waals surface area contributed by atoms with Crippen molar-refractivity contribution in [3.63, 3.8) is 0 Å². The van der Waals surface area contributed by atoms with Crippen LogP contribution in [-0.2, 0) is 9.84 Å². The Balaban J connectivity index is 1.98. The lowest BCUT2D eigenvalue weighted by atomic mass is 10.1. The number of aliphatic hydroxyl groups excluding tert-OH is 1. The Bertz CT molecular complexity index is 688. The fourth-order valence-corrected chi connectivity index (χ4v) is 2.47. The van der Waals surface area contributed by atoms with Crippen LogP contribution < -0.4 is 4.74 Å². The van der Waals surface area contributed by atoms with Crippen molar-refractivity contribution >= 4 is 9.84 Å². The van der Waals surface area contributed by atoms with Gasteiger partial charge in [0.25, 0.3) is 0 Å². The second-order valence-corrected chi connectivity index (χ2v) is 7.00. The zero-order valence-electron chi connectivity index (χ0n) is 12.0. The lowest BCUT2D eigenvalue weighted by molar-refractivity contribution is 0.108. The summed E-state index contributed by atoms with van der Waals surface area (Å²) in [6, 6.07) is 13.7. The molecule has 0 saturated carbocycles. The fourth-order valence-electron chi connectivity index (χ4n) is 1.84. The zero-order valence-corrected chi connectivity index (χ0v) is 12.8. The molecule has 21 heavy (non-hydrogen) atoms. The normalized spacial score (nSPS) is 12.9. The van der Waals surface area contributed by atoms with Gasteiger partial charge < -0.3 is 9.84 Å². The second kappa shape index (κ2) is 6.28. The first-order chi connectivity index (χ1) is 9.86. The van der Waals surface area contributed by atoms with Gasteiger partial charge in [0.05, 0.1) is 4.90 Å². The van der Waals surface area contributed by atoms with Gasteiger partial charge in [0, 0.05) is 6.26 Å². The van der Waals surface area contributed by atoms with Crippen LogP contribution in [0.1, 0.15) is 17.2 Å². The molecule has 1 atom stereocenters. The highest BCUT2D eigenvalue weighted by Crippen LogP contribution is 2.19. The summed E-state index contributed by atoms with van der Waals surface area (Å²) in [5.41, 5.74) is 1.91. The number of aliphatic hydroxyl groups is 1. The van der Waals surface area contributed by atoms with E-state index in [9.17, 15) is 13.5 Å². The molecule has 0 aliphatic carbocycles. The van der Waals surface area contributed by atoms with Crippen molar-refractivity contribution in [3.05, 3.63) is 59.7 Å². The van der Waals surface area contributed by atoms with E-state index in [0.717, 1.165) is 17.4 Å². The lowest BCUT2D eigenvalue weighted by Gasteiger charge is -2.13. The number of sulfone groups is 1. The molecule has 112 valence electrons. The van der Waals surface area contributed by atoms with E-state index in [4.69, 9.17) is 4.74 Å². The molecule has 1 N–H and O–H groups in total. The quantitative estimate of drug-likeness (QED) is 0.922. The summed E-state index contributed by atoms with van der Waals surface area (Å²) in [7, 11) is -3.20. The van der Waals surface area contributed by atoms with Crippen molar-refractivity contribution in [2.45, 2.75) is 17.9 Å². The van der Waals surface area contributed by atoms with E-state index in [1.807, 2.05) is 31.2 Å². The van der Waals surface area contributed by atoms with E-state index in [2.05, 4.69) is 0 Å². The summed E-state index contributed by atoms with van der Waals surface area (Å²) < 4.78 is 28.2. The molecule has 0 bridgehead atoms. The van der Waals surface area contributed by atoms with Crippen LogP contribution in [0.25, 0.3) is 0 Å². The van der Waals surface area contributed by atoms with Crippen molar-refractivity contribution in [1.82, 2.24) is 0 Å². The molecule has 0 aliphatic heterocycles. The van der Waals surface area contributed by atoms with Gasteiger partial charge in [-0.3, -0.25) is 0 Å². The first kappa shape index (κ1) is 15.5. The predicted molar refractivity (Wildman–Crippen MR) is 81.2 cm³/mol. The van der Waals surface area contributed by atoms with E-state index in [1.54, 1.807) is 12.1 Å². The monoisotopic (exact) mass is 306 g/mol. The van der Waals surface area contributed by atoms with E-state index >= 15 is 0 Å². The molecule has 0 fully saturated rings. The third kappa shape index (κ3) is 4.31. The number of hydrogen-bond donors (Lipinski definition) is 1. The van der Waals surface area contributed by atoms with Gasteiger partial charge in [-0.05, 0) is 36.8 Å². The molecular formula is C16H18O4S. The van der Waals surface area contributed by atoms with Crippen LogP contribution >= 0.6 is 0 Å². The first-order valence-electron chi connectivity index (χ1n) is 6.54. The largest absolute Gasteiger partial charge is 0.491 e. The highest BCUT2D eigenvalue weighted by atomic mass is 32.2. The summed E-state index contributed by atoms with van der Waals surface area (Å²) >= 11 is 0. The van der Waals surface area contributed by atoms with E-state index < -0.39 is 15.9 Å². The van der Waals surface area contributed by atoms with Crippen molar-refractivity contribution in [1.29, 1.82) is 0 Å². The van der Waals surface area contributed by atoms with Gasteiger partial charge in [-0.15, -0.1) is 0 Å². The molecule has 0 spiro atoms. The Morgan fingerprint density at radius 3 is 2.14 bits per heavy atom. The minimum Gasteiger partial charge on any atom is -0.491 e. The standard InChI is InChI=1S/C16H18O4S/c1-12-3-5-13(6-4-12)16(17)11-20-14-7-9-15(10-8-14)21(2,18)19/h3-10,16-17H,11H2,1-2H3. The molecule has 2 aromatic rings. The summed E-state index contributed by atoms with van der Waals surface area (Å²) in [5.74, 6) is 0.522. The summed E-state index contributed by atoms with van der Waals surface area (Å²) in [4.78, 5) is 0.244. The minimum absolute atomic E-state index is 0.112. The van der Waals surface area contributed by atoms with Gasteiger partial charge in [-0.1, -0.05) is 29.8 Å². The maximum Gasteiger partial charge on any atom is 0.175 e. The molecular weight excluding hydrogens is 288 g/mol. The Kier molecular flexibility index (Phi) is 4.65. The number of aryl methyl sites for hydroxylation is 1. The molecule has 0 radical (unpaired) electrons. The smallest absolute Gasteiger partial charge is 0.175 e.